The Morgan fingerprint density at radius 2 is 1.54 bits per heavy atom. The molecule has 4 atom stereocenters. The molecule has 10 nitrogen and oxygen atoms in total. The average Bonchev–Trinajstić information content (AvgIpc) is 2.58. The number of unbranched alkanes of at least 4 members (excludes halogenated alkanes) is 1. The maximum atomic E-state index is 12.1. The summed E-state index contributed by atoms with van der Waals surface area (Å²) < 4.78 is 0. The Bertz CT molecular complexity index is 505. The number of hydrogen-bond acceptors (Lipinski definition) is 7. The highest BCUT2D eigenvalue weighted by Crippen LogP contribution is 1.99. The predicted molar refractivity (Wildman–Crippen MR) is 99.5 cm³/mol. The zero-order valence-corrected chi connectivity index (χ0v) is 15.9. The minimum Gasteiger partial charge on any atom is -0.480 e. The van der Waals surface area contributed by atoms with E-state index in [4.69, 9.17) is 16.6 Å². The molecule has 3 amide bonds. The van der Waals surface area contributed by atoms with E-state index >= 15 is 0 Å². The molecule has 4 unspecified atom stereocenters. The lowest BCUT2D eigenvalue weighted by molar-refractivity contribution is -0.141. The molecule has 26 heavy (non-hydrogen) atoms. The van der Waals surface area contributed by atoms with Crippen LogP contribution < -0.4 is 27.4 Å². The molecule has 11 heteroatoms. The summed E-state index contributed by atoms with van der Waals surface area (Å²) in [5, 5.41) is 15.9. The number of nitrogens with two attached hydrogens (primary N) is 2. The van der Waals surface area contributed by atoms with Crippen molar-refractivity contribution in [2.75, 3.05) is 12.3 Å². The lowest BCUT2D eigenvalue weighted by Gasteiger charge is -2.21. The van der Waals surface area contributed by atoms with Gasteiger partial charge in [0.05, 0.1) is 6.04 Å². The fourth-order valence-electron chi connectivity index (χ4n) is 1.89. The molecule has 150 valence electrons. The number of thiol groups is 1. The largest absolute Gasteiger partial charge is 0.480 e. The van der Waals surface area contributed by atoms with Crippen molar-refractivity contribution >= 4 is 36.3 Å². The molecule has 0 radical (unpaired) electrons. The van der Waals surface area contributed by atoms with Crippen molar-refractivity contribution in [1.82, 2.24) is 16.0 Å². The summed E-state index contributed by atoms with van der Waals surface area (Å²) >= 11 is 3.98. The molecule has 0 saturated carbocycles. The molecule has 0 rings (SSSR count). The van der Waals surface area contributed by atoms with E-state index in [1.807, 2.05) is 0 Å². The Labute approximate surface area is 158 Å². The zero-order chi connectivity index (χ0) is 20.3. The minimum atomic E-state index is -1.20. The number of carboxylic acids is 1. The third-order valence-corrected chi connectivity index (χ3v) is 3.97. The monoisotopic (exact) mass is 391 g/mol. The van der Waals surface area contributed by atoms with Gasteiger partial charge in [-0.05, 0) is 33.2 Å². The molecule has 8 N–H and O–H groups in total. The van der Waals surface area contributed by atoms with E-state index in [1.54, 1.807) is 0 Å². The minimum absolute atomic E-state index is 0.0385. The van der Waals surface area contributed by atoms with Crippen LogP contribution in [-0.2, 0) is 19.2 Å². The van der Waals surface area contributed by atoms with Crippen LogP contribution >= 0.6 is 12.6 Å². The summed E-state index contributed by atoms with van der Waals surface area (Å²) in [5.41, 5.74) is 11.1. The molecule has 0 saturated heterocycles. The number of carbonyl (C=O) groups excluding carboxylic acids is 3. The average molecular weight is 391 g/mol. The molecule has 0 aromatic carbocycles. The normalized spacial score (nSPS) is 15.3. The first-order chi connectivity index (χ1) is 12.1. The van der Waals surface area contributed by atoms with Gasteiger partial charge in [0, 0.05) is 5.75 Å². The van der Waals surface area contributed by atoms with E-state index in [1.165, 1.54) is 13.8 Å². The van der Waals surface area contributed by atoms with Crippen molar-refractivity contribution in [1.29, 1.82) is 0 Å². The van der Waals surface area contributed by atoms with E-state index in [0.717, 1.165) is 6.42 Å². The van der Waals surface area contributed by atoms with Crippen LogP contribution in [-0.4, -0.2) is 65.3 Å². The molecule has 0 aliphatic carbocycles. The molecule has 0 aromatic rings. The summed E-state index contributed by atoms with van der Waals surface area (Å²) in [7, 11) is 0. The van der Waals surface area contributed by atoms with E-state index < -0.39 is 47.9 Å². The molecular formula is C15H29N5O5S. The maximum absolute atomic E-state index is 12.1. The number of carbonyl (C=O) groups is 4. The third kappa shape index (κ3) is 9.02. The van der Waals surface area contributed by atoms with Gasteiger partial charge in [0.25, 0.3) is 0 Å². The second-order valence-electron chi connectivity index (χ2n) is 5.93. The van der Waals surface area contributed by atoms with Gasteiger partial charge in [0.1, 0.15) is 18.1 Å². The lowest BCUT2D eigenvalue weighted by Crippen LogP contribution is -2.56. The zero-order valence-electron chi connectivity index (χ0n) is 15.0. The van der Waals surface area contributed by atoms with Crippen molar-refractivity contribution in [3.8, 4) is 0 Å². The van der Waals surface area contributed by atoms with Crippen molar-refractivity contribution in [3.05, 3.63) is 0 Å². The second-order valence-corrected chi connectivity index (χ2v) is 6.30. The first kappa shape index (κ1) is 24.1. The van der Waals surface area contributed by atoms with Crippen molar-refractivity contribution in [3.63, 3.8) is 0 Å². The van der Waals surface area contributed by atoms with Crippen LogP contribution in [0.3, 0.4) is 0 Å². The van der Waals surface area contributed by atoms with Crippen molar-refractivity contribution in [2.24, 2.45) is 11.5 Å². The van der Waals surface area contributed by atoms with E-state index in [9.17, 15) is 19.2 Å². The Balaban J connectivity index is 4.54. The summed E-state index contributed by atoms with van der Waals surface area (Å²) in [4.78, 5) is 46.8. The fraction of sp³-hybridized carbons (Fsp3) is 0.733. The van der Waals surface area contributed by atoms with Crippen LogP contribution in [0, 0.1) is 0 Å². The van der Waals surface area contributed by atoms with Gasteiger partial charge < -0.3 is 32.5 Å². The summed E-state index contributed by atoms with van der Waals surface area (Å²) in [5.74, 6) is -3.00. The second kappa shape index (κ2) is 12.5. The SMILES string of the molecule is CC(NC(=O)C(CS)NC(=O)C(C)NC(=O)C(N)CCCCN)C(=O)O. The van der Waals surface area contributed by atoms with Crippen LogP contribution in [0.4, 0.5) is 0 Å². The molecule has 0 aromatic heterocycles. The Morgan fingerprint density at radius 1 is 0.962 bits per heavy atom. The molecule has 0 spiro atoms. The van der Waals surface area contributed by atoms with E-state index in [-0.39, 0.29) is 5.75 Å². The highest BCUT2D eigenvalue weighted by atomic mass is 32.1. The van der Waals surface area contributed by atoms with Gasteiger partial charge in [-0.2, -0.15) is 12.6 Å². The van der Waals surface area contributed by atoms with Gasteiger partial charge >= 0.3 is 5.97 Å². The smallest absolute Gasteiger partial charge is 0.325 e. The predicted octanol–water partition coefficient (Wildman–Crippen LogP) is -2.05. The van der Waals surface area contributed by atoms with Crippen LogP contribution in [0.15, 0.2) is 0 Å². The van der Waals surface area contributed by atoms with Gasteiger partial charge in [-0.15, -0.1) is 0 Å². The van der Waals surface area contributed by atoms with Crippen molar-refractivity contribution in [2.45, 2.75) is 57.3 Å². The fourth-order valence-corrected chi connectivity index (χ4v) is 2.15. The third-order valence-electron chi connectivity index (χ3n) is 3.60. The number of amides is 3. The number of nitrogens with one attached hydrogen (secondary N) is 3. The Morgan fingerprint density at radius 3 is 2.04 bits per heavy atom. The molecule has 0 aliphatic heterocycles. The summed E-state index contributed by atoms with van der Waals surface area (Å²) in [6, 6.07) is -3.82. The first-order valence-electron chi connectivity index (χ1n) is 8.34. The standard InChI is InChI=1S/C15H29N5O5S/c1-8(18-13(22)10(17)5-3-4-6-16)12(21)20-11(7-26)14(23)19-9(2)15(24)25/h8-11,26H,3-7,16-17H2,1-2H3,(H,18,22)(H,19,23)(H,20,21)(H,24,25). The van der Waals surface area contributed by atoms with E-state index in [0.29, 0.717) is 19.4 Å². The number of rotatable bonds is 12. The Kier molecular flexibility index (Phi) is 11.6. The molecule has 0 heterocycles. The lowest BCUT2D eigenvalue weighted by atomic mass is 10.1. The highest BCUT2D eigenvalue weighted by molar-refractivity contribution is 7.80. The van der Waals surface area contributed by atoms with Gasteiger partial charge in [0.15, 0.2) is 0 Å². The summed E-state index contributed by atoms with van der Waals surface area (Å²) in [6.07, 6.45) is 1.91. The van der Waals surface area contributed by atoms with Gasteiger partial charge in [-0.1, -0.05) is 6.42 Å². The molecule has 0 aliphatic rings. The van der Waals surface area contributed by atoms with Crippen LogP contribution in [0.5, 0.6) is 0 Å². The van der Waals surface area contributed by atoms with Gasteiger partial charge in [-0.3, -0.25) is 19.2 Å². The molecule has 0 fully saturated rings. The topological polar surface area (TPSA) is 177 Å². The Hall–Kier alpha value is -1.85. The highest BCUT2D eigenvalue weighted by Gasteiger charge is 2.26. The quantitative estimate of drug-likeness (QED) is 0.148. The van der Waals surface area contributed by atoms with Crippen LogP contribution in [0.1, 0.15) is 33.1 Å². The number of hydrogen-bond donors (Lipinski definition) is 7. The van der Waals surface area contributed by atoms with Gasteiger partial charge in [-0.25, -0.2) is 0 Å². The number of carboxylic acid groups (broad SMARTS) is 1. The van der Waals surface area contributed by atoms with E-state index in [2.05, 4.69) is 28.6 Å². The van der Waals surface area contributed by atoms with Crippen LogP contribution in [0.25, 0.3) is 0 Å². The van der Waals surface area contributed by atoms with Crippen molar-refractivity contribution < 1.29 is 24.3 Å². The molecular weight excluding hydrogens is 362 g/mol. The van der Waals surface area contributed by atoms with Gasteiger partial charge in [0.2, 0.25) is 17.7 Å². The maximum Gasteiger partial charge on any atom is 0.325 e. The van der Waals surface area contributed by atoms with Crippen LogP contribution in [0.2, 0.25) is 0 Å². The first-order valence-corrected chi connectivity index (χ1v) is 8.97. The molecule has 0 bridgehead atoms. The number of aliphatic carboxylic acids is 1. The summed E-state index contributed by atoms with van der Waals surface area (Å²) in [6.45, 7) is 3.26.